The molecule has 186 valence electrons. The lowest BCUT2D eigenvalue weighted by molar-refractivity contribution is -0.128. The van der Waals surface area contributed by atoms with E-state index < -0.39 is 6.09 Å². The summed E-state index contributed by atoms with van der Waals surface area (Å²) in [6.45, 7) is 0.677. The Bertz CT molecular complexity index is 1170. The van der Waals surface area contributed by atoms with E-state index in [1.165, 1.54) is 22.6 Å². The second-order valence-corrected chi connectivity index (χ2v) is 8.62. The van der Waals surface area contributed by atoms with Gasteiger partial charge >= 0.3 is 12.2 Å². The van der Waals surface area contributed by atoms with Crippen molar-refractivity contribution in [2.75, 3.05) is 13.2 Å². The van der Waals surface area contributed by atoms with E-state index in [1.807, 2.05) is 60.7 Å². The molecule has 0 saturated carbocycles. The van der Waals surface area contributed by atoms with Crippen molar-refractivity contribution in [3.63, 3.8) is 0 Å². The molecule has 5 rings (SSSR count). The predicted octanol–water partition coefficient (Wildman–Crippen LogP) is 4.30. The molecule has 0 bridgehead atoms. The molecule has 36 heavy (non-hydrogen) atoms. The molecule has 3 aromatic carbocycles. The highest BCUT2D eigenvalue weighted by atomic mass is 19.1. The molecule has 8 heteroatoms. The molecule has 0 aliphatic carbocycles. The third-order valence-electron chi connectivity index (χ3n) is 5.88. The van der Waals surface area contributed by atoms with E-state index in [0.717, 1.165) is 12.0 Å². The van der Waals surface area contributed by atoms with Crippen LogP contribution in [0.5, 0.6) is 0 Å². The Labute approximate surface area is 208 Å². The molecule has 2 fully saturated rings. The summed E-state index contributed by atoms with van der Waals surface area (Å²) < 4.78 is 22.7. The molecular weight excluding hydrogens is 463 g/mol. The number of hydrogen-bond donors (Lipinski definition) is 1. The molecule has 2 saturated heterocycles. The number of imide groups is 1. The van der Waals surface area contributed by atoms with Gasteiger partial charge in [0.25, 0.3) is 0 Å². The van der Waals surface area contributed by atoms with Crippen LogP contribution in [0.3, 0.4) is 0 Å². The monoisotopic (exact) mass is 490 g/mol. The second kappa shape index (κ2) is 12.0. The first-order valence-corrected chi connectivity index (χ1v) is 11.7. The third kappa shape index (κ3) is 6.91. The maximum absolute atomic E-state index is 12.9. The van der Waals surface area contributed by atoms with Gasteiger partial charge in [0.15, 0.2) is 0 Å². The van der Waals surface area contributed by atoms with Crippen molar-refractivity contribution in [3.05, 3.63) is 107 Å². The molecule has 3 aromatic rings. The Balaban J connectivity index is 0.000000197. The molecule has 0 spiro atoms. The Morgan fingerprint density at radius 1 is 0.806 bits per heavy atom. The normalized spacial score (nSPS) is 18.5. The number of benzene rings is 3. The van der Waals surface area contributed by atoms with Gasteiger partial charge in [0.2, 0.25) is 5.91 Å². The van der Waals surface area contributed by atoms with Crippen LogP contribution in [0.2, 0.25) is 0 Å². The Morgan fingerprint density at radius 2 is 1.42 bits per heavy atom. The van der Waals surface area contributed by atoms with Gasteiger partial charge in [0.1, 0.15) is 19.0 Å². The average Bonchev–Trinajstić information content (AvgIpc) is 3.46. The van der Waals surface area contributed by atoms with Crippen molar-refractivity contribution < 1.29 is 28.2 Å². The number of alkyl carbamates (subject to hydrolysis) is 1. The van der Waals surface area contributed by atoms with Crippen molar-refractivity contribution in [2.24, 2.45) is 0 Å². The minimum absolute atomic E-state index is 0.0423. The van der Waals surface area contributed by atoms with Gasteiger partial charge in [-0.25, -0.2) is 18.9 Å². The van der Waals surface area contributed by atoms with Crippen LogP contribution in [0, 0.1) is 5.82 Å². The summed E-state index contributed by atoms with van der Waals surface area (Å²) in [5.74, 6) is -0.691. The molecule has 7 nitrogen and oxygen atoms in total. The predicted molar refractivity (Wildman–Crippen MR) is 131 cm³/mol. The van der Waals surface area contributed by atoms with Crippen LogP contribution in [-0.4, -0.2) is 48.3 Å². The Kier molecular flexibility index (Phi) is 8.28. The molecule has 0 radical (unpaired) electrons. The molecule has 2 aliphatic heterocycles. The van der Waals surface area contributed by atoms with Crippen LogP contribution in [0.15, 0.2) is 84.9 Å². The van der Waals surface area contributed by atoms with E-state index in [1.54, 1.807) is 12.1 Å². The summed E-state index contributed by atoms with van der Waals surface area (Å²) in [6.07, 6.45) is 0.522. The average molecular weight is 491 g/mol. The van der Waals surface area contributed by atoms with Crippen LogP contribution in [-0.2, 0) is 33.5 Å². The van der Waals surface area contributed by atoms with Crippen molar-refractivity contribution in [2.45, 2.75) is 31.3 Å². The fourth-order valence-corrected chi connectivity index (χ4v) is 4.10. The number of rotatable bonds is 6. The molecule has 0 aromatic heterocycles. The lowest BCUT2D eigenvalue weighted by atomic mass is 10.0. The maximum Gasteiger partial charge on any atom is 0.416 e. The van der Waals surface area contributed by atoms with Gasteiger partial charge in [-0.2, -0.15) is 0 Å². The highest BCUT2D eigenvalue weighted by Gasteiger charge is 2.37. The van der Waals surface area contributed by atoms with Gasteiger partial charge < -0.3 is 14.8 Å². The minimum atomic E-state index is -0.613. The van der Waals surface area contributed by atoms with E-state index in [-0.39, 0.29) is 42.9 Å². The quantitative estimate of drug-likeness (QED) is 0.557. The van der Waals surface area contributed by atoms with E-state index in [2.05, 4.69) is 5.32 Å². The number of ether oxygens (including phenoxy) is 2. The molecule has 0 unspecified atom stereocenters. The van der Waals surface area contributed by atoms with Crippen LogP contribution in [0.4, 0.5) is 14.0 Å². The van der Waals surface area contributed by atoms with E-state index >= 15 is 0 Å². The number of cyclic esters (lactones) is 2. The smallest absolute Gasteiger partial charge is 0.416 e. The first kappa shape index (κ1) is 24.9. The highest BCUT2D eigenvalue weighted by molar-refractivity contribution is 5.94. The zero-order valence-corrected chi connectivity index (χ0v) is 19.6. The van der Waals surface area contributed by atoms with E-state index in [4.69, 9.17) is 9.47 Å². The van der Waals surface area contributed by atoms with Crippen molar-refractivity contribution in [1.82, 2.24) is 10.2 Å². The summed E-state index contributed by atoms with van der Waals surface area (Å²) in [5, 5.41) is 2.74. The summed E-state index contributed by atoms with van der Waals surface area (Å²) in [6, 6.07) is 25.2. The zero-order chi connectivity index (χ0) is 25.3. The number of nitrogens with zero attached hydrogens (tertiary/aromatic N) is 1. The summed E-state index contributed by atoms with van der Waals surface area (Å²) in [5.41, 5.74) is 2.92. The van der Waals surface area contributed by atoms with Crippen molar-refractivity contribution in [1.29, 1.82) is 0 Å². The van der Waals surface area contributed by atoms with Gasteiger partial charge in [0.05, 0.1) is 18.5 Å². The SMILES string of the molecule is O=C(Cc1ccc(F)cc1)N1C(=O)OC[C@@H]1Cc1ccccc1.O=C1N[C@@H](Cc2ccccc2)CO1. The van der Waals surface area contributed by atoms with Gasteiger partial charge in [-0.3, -0.25) is 4.79 Å². The summed E-state index contributed by atoms with van der Waals surface area (Å²) in [4.78, 5) is 36.2. The summed E-state index contributed by atoms with van der Waals surface area (Å²) in [7, 11) is 0. The largest absolute Gasteiger partial charge is 0.447 e. The number of nitrogens with one attached hydrogen (secondary N) is 1. The molecule has 1 N–H and O–H groups in total. The topological polar surface area (TPSA) is 84.9 Å². The second-order valence-electron chi connectivity index (χ2n) is 8.62. The Morgan fingerprint density at radius 3 is 2.00 bits per heavy atom. The Hall–Kier alpha value is -4.20. The van der Waals surface area contributed by atoms with Gasteiger partial charge in [0, 0.05) is 0 Å². The maximum atomic E-state index is 12.9. The van der Waals surface area contributed by atoms with E-state index in [9.17, 15) is 18.8 Å². The van der Waals surface area contributed by atoms with Crippen molar-refractivity contribution >= 4 is 18.1 Å². The van der Waals surface area contributed by atoms with Crippen LogP contribution < -0.4 is 5.32 Å². The zero-order valence-electron chi connectivity index (χ0n) is 19.6. The number of amides is 3. The fourth-order valence-electron chi connectivity index (χ4n) is 4.10. The molecule has 2 atom stereocenters. The van der Waals surface area contributed by atoms with Gasteiger partial charge in [-0.05, 0) is 41.7 Å². The fraction of sp³-hybridized carbons (Fsp3) is 0.250. The number of carbonyl (C=O) groups excluding carboxylic acids is 3. The lowest BCUT2D eigenvalue weighted by Gasteiger charge is -2.19. The summed E-state index contributed by atoms with van der Waals surface area (Å²) >= 11 is 0. The minimum Gasteiger partial charge on any atom is -0.447 e. The van der Waals surface area contributed by atoms with Crippen LogP contribution in [0.1, 0.15) is 16.7 Å². The number of hydrogen-bond acceptors (Lipinski definition) is 5. The third-order valence-corrected chi connectivity index (χ3v) is 5.88. The molecule has 2 heterocycles. The molecule has 2 aliphatic rings. The van der Waals surface area contributed by atoms with Crippen LogP contribution >= 0.6 is 0 Å². The number of halogens is 1. The highest BCUT2D eigenvalue weighted by Crippen LogP contribution is 2.19. The first-order valence-electron chi connectivity index (χ1n) is 11.7. The standard InChI is InChI=1S/C18H16FNO3.C10H11NO2/c19-15-8-6-14(7-9-15)11-17(21)20-16(12-23-18(20)22)10-13-4-2-1-3-5-13;12-10-11-9(7-13-10)6-8-4-2-1-3-5-8/h1-9,16H,10-12H2;1-5,9H,6-7H2,(H,11,12)/t16-;9-/m00/s1. The van der Waals surface area contributed by atoms with Crippen molar-refractivity contribution in [3.8, 4) is 0 Å². The van der Waals surface area contributed by atoms with Gasteiger partial charge in [-0.15, -0.1) is 0 Å². The van der Waals surface area contributed by atoms with E-state index in [0.29, 0.717) is 18.6 Å². The first-order chi connectivity index (χ1) is 17.5. The lowest BCUT2D eigenvalue weighted by Crippen LogP contribution is -2.41. The molecule has 3 amide bonds. The number of carbonyl (C=O) groups is 3. The molecular formula is C28H27FN2O5. The van der Waals surface area contributed by atoms with Crippen LogP contribution in [0.25, 0.3) is 0 Å². The van der Waals surface area contributed by atoms with Gasteiger partial charge in [-0.1, -0.05) is 72.8 Å².